The second kappa shape index (κ2) is 11.5. The first-order valence-electron chi connectivity index (χ1n) is 10.2. The summed E-state index contributed by atoms with van der Waals surface area (Å²) in [6.07, 6.45) is 1.96. The van der Waals surface area contributed by atoms with Gasteiger partial charge in [-0.15, -0.1) is 0 Å². The molecule has 0 saturated carbocycles. The van der Waals surface area contributed by atoms with Crippen molar-refractivity contribution in [1.29, 1.82) is 0 Å². The van der Waals surface area contributed by atoms with Gasteiger partial charge in [0, 0.05) is 13.0 Å². The number of benzene rings is 1. The zero-order valence-electron chi connectivity index (χ0n) is 18.0. The lowest BCUT2D eigenvalue weighted by molar-refractivity contribution is -0.896. The van der Waals surface area contributed by atoms with Gasteiger partial charge in [0.2, 0.25) is 11.7 Å². The van der Waals surface area contributed by atoms with Gasteiger partial charge in [0.05, 0.1) is 47.5 Å². The van der Waals surface area contributed by atoms with E-state index >= 15 is 0 Å². The summed E-state index contributed by atoms with van der Waals surface area (Å²) in [6, 6.07) is 3.76. The number of hydrogen-bond donors (Lipinski definition) is 2. The fourth-order valence-electron chi connectivity index (χ4n) is 3.49. The van der Waals surface area contributed by atoms with Crippen molar-refractivity contribution in [3.8, 4) is 17.2 Å². The van der Waals surface area contributed by atoms with Crippen LogP contribution >= 0.6 is 0 Å². The fraction of sp³-hybridized carbons (Fsp3) is 0.619. The Hall–Kier alpha value is -2.48. The van der Waals surface area contributed by atoms with Crippen molar-refractivity contribution in [3.05, 3.63) is 17.7 Å². The van der Waals surface area contributed by atoms with Crippen molar-refractivity contribution in [2.45, 2.75) is 26.2 Å². The molecule has 1 aliphatic heterocycles. The number of carbonyl (C=O) groups is 2. The van der Waals surface area contributed by atoms with Crippen molar-refractivity contribution in [1.82, 2.24) is 10.2 Å². The second-order valence-electron chi connectivity index (χ2n) is 7.19. The molecule has 2 N–H and O–H groups in total. The average molecular weight is 409 g/mol. The molecule has 0 spiro atoms. The Balaban J connectivity index is 1.84. The number of rotatable bonds is 10. The fourth-order valence-corrected chi connectivity index (χ4v) is 3.49. The lowest BCUT2D eigenvalue weighted by atomic mass is 10.1. The molecule has 1 fully saturated rings. The van der Waals surface area contributed by atoms with Gasteiger partial charge < -0.3 is 29.3 Å². The molecule has 0 radical (unpaired) electrons. The van der Waals surface area contributed by atoms with E-state index in [1.807, 2.05) is 24.0 Å². The Morgan fingerprint density at radius 3 is 2.21 bits per heavy atom. The van der Waals surface area contributed by atoms with Crippen LogP contribution < -0.4 is 24.4 Å². The van der Waals surface area contributed by atoms with E-state index in [-0.39, 0.29) is 11.8 Å². The first-order chi connectivity index (χ1) is 14.0. The smallest absolute Gasteiger partial charge is 0.275 e. The third-order valence-electron chi connectivity index (χ3n) is 5.16. The summed E-state index contributed by atoms with van der Waals surface area (Å²) in [5.74, 6) is 1.95. The predicted molar refractivity (Wildman–Crippen MR) is 110 cm³/mol. The second-order valence-corrected chi connectivity index (χ2v) is 7.19. The first kappa shape index (κ1) is 22.8. The van der Waals surface area contributed by atoms with E-state index in [0.717, 1.165) is 31.6 Å². The maximum atomic E-state index is 12.6. The maximum Gasteiger partial charge on any atom is 0.275 e. The summed E-state index contributed by atoms with van der Waals surface area (Å²) < 4.78 is 16.1. The van der Waals surface area contributed by atoms with Crippen LogP contribution in [0.25, 0.3) is 0 Å². The molecule has 2 rings (SSSR count). The predicted octanol–water partition coefficient (Wildman–Crippen LogP) is -0.102. The van der Waals surface area contributed by atoms with Gasteiger partial charge in [-0.1, -0.05) is 6.92 Å². The highest BCUT2D eigenvalue weighted by molar-refractivity contribution is 5.77. The van der Waals surface area contributed by atoms with Crippen LogP contribution in [0.2, 0.25) is 0 Å². The van der Waals surface area contributed by atoms with Crippen molar-refractivity contribution in [2.75, 3.05) is 60.6 Å². The number of piperazine rings is 1. The molecule has 0 atom stereocenters. The van der Waals surface area contributed by atoms with E-state index in [1.54, 1.807) is 21.3 Å². The SMILES string of the molecule is CCCNC(=O)C[NH+]1CCN(C(=O)CCc2cc(OC)c(OC)c(OC)c2)CC1. The number of amides is 2. The van der Waals surface area contributed by atoms with Crippen LogP contribution in [0.1, 0.15) is 25.3 Å². The van der Waals surface area contributed by atoms with Gasteiger partial charge >= 0.3 is 0 Å². The van der Waals surface area contributed by atoms with Gasteiger partial charge in [-0.2, -0.15) is 0 Å². The molecule has 8 nitrogen and oxygen atoms in total. The zero-order valence-corrected chi connectivity index (χ0v) is 18.0. The molecule has 0 unspecified atom stereocenters. The van der Waals surface area contributed by atoms with E-state index in [4.69, 9.17) is 14.2 Å². The molecule has 1 aromatic carbocycles. The van der Waals surface area contributed by atoms with Crippen LogP contribution in [0.15, 0.2) is 12.1 Å². The molecular weight excluding hydrogens is 374 g/mol. The highest BCUT2D eigenvalue weighted by Gasteiger charge is 2.25. The van der Waals surface area contributed by atoms with Gasteiger partial charge in [0.1, 0.15) is 0 Å². The van der Waals surface area contributed by atoms with E-state index in [9.17, 15) is 9.59 Å². The molecular formula is C21H34N3O5+. The highest BCUT2D eigenvalue weighted by Crippen LogP contribution is 2.38. The molecule has 1 aromatic rings. The third kappa shape index (κ3) is 6.52. The minimum Gasteiger partial charge on any atom is -0.493 e. The van der Waals surface area contributed by atoms with Crippen LogP contribution in [-0.4, -0.2) is 77.3 Å². The Labute approximate surface area is 173 Å². The highest BCUT2D eigenvalue weighted by atomic mass is 16.5. The minimum atomic E-state index is 0.0871. The largest absolute Gasteiger partial charge is 0.493 e. The van der Waals surface area contributed by atoms with E-state index < -0.39 is 0 Å². The van der Waals surface area contributed by atoms with Gasteiger partial charge in [0.25, 0.3) is 5.91 Å². The molecule has 2 amide bonds. The number of nitrogens with zero attached hydrogens (tertiary/aromatic N) is 1. The molecule has 162 valence electrons. The number of ether oxygens (including phenoxy) is 3. The summed E-state index contributed by atoms with van der Waals surface area (Å²) >= 11 is 0. The first-order valence-corrected chi connectivity index (χ1v) is 10.2. The van der Waals surface area contributed by atoms with Crippen molar-refractivity contribution in [2.24, 2.45) is 0 Å². The lowest BCUT2D eigenvalue weighted by Crippen LogP contribution is -3.15. The molecule has 0 aliphatic carbocycles. The quantitative estimate of drug-likeness (QED) is 0.565. The van der Waals surface area contributed by atoms with Gasteiger partial charge in [0.15, 0.2) is 18.0 Å². The summed E-state index contributed by atoms with van der Waals surface area (Å²) in [5, 5.41) is 2.91. The number of carbonyl (C=O) groups excluding carboxylic acids is 2. The van der Waals surface area contributed by atoms with Crippen molar-refractivity contribution < 1.29 is 28.7 Å². The molecule has 1 aliphatic rings. The maximum absolute atomic E-state index is 12.6. The number of aryl methyl sites for hydroxylation is 1. The standard InChI is InChI=1S/C21H33N3O5/c1-5-8-22-19(25)15-23-9-11-24(12-10-23)20(26)7-6-16-13-17(27-2)21(29-4)18(14-16)28-3/h13-14H,5-12,15H2,1-4H3,(H,22,25)/p+1. The molecule has 8 heteroatoms. The zero-order chi connectivity index (χ0) is 21.2. The molecule has 0 bridgehead atoms. The van der Waals surface area contributed by atoms with Crippen LogP contribution in [0.3, 0.4) is 0 Å². The monoisotopic (exact) mass is 408 g/mol. The molecule has 0 aromatic heterocycles. The van der Waals surface area contributed by atoms with E-state index in [1.165, 1.54) is 4.90 Å². The molecule has 29 heavy (non-hydrogen) atoms. The Morgan fingerprint density at radius 1 is 1.07 bits per heavy atom. The van der Waals surface area contributed by atoms with E-state index in [0.29, 0.717) is 49.7 Å². The number of hydrogen-bond acceptors (Lipinski definition) is 5. The Kier molecular flexibility index (Phi) is 9.05. The average Bonchev–Trinajstić information content (AvgIpc) is 2.75. The summed E-state index contributed by atoms with van der Waals surface area (Å²) in [7, 11) is 4.73. The van der Waals surface area contributed by atoms with Crippen molar-refractivity contribution in [3.63, 3.8) is 0 Å². The van der Waals surface area contributed by atoms with E-state index in [2.05, 4.69) is 5.32 Å². The summed E-state index contributed by atoms with van der Waals surface area (Å²) in [5.41, 5.74) is 0.963. The number of quaternary nitrogens is 1. The minimum absolute atomic E-state index is 0.0871. The van der Waals surface area contributed by atoms with Gasteiger partial charge in [-0.05, 0) is 30.5 Å². The van der Waals surface area contributed by atoms with Gasteiger partial charge in [-0.3, -0.25) is 9.59 Å². The van der Waals surface area contributed by atoms with Crippen LogP contribution in [0.5, 0.6) is 17.2 Å². The van der Waals surface area contributed by atoms with Crippen LogP contribution in [0.4, 0.5) is 0 Å². The third-order valence-corrected chi connectivity index (χ3v) is 5.16. The molecule has 1 saturated heterocycles. The Bertz CT molecular complexity index is 662. The van der Waals surface area contributed by atoms with Crippen LogP contribution in [-0.2, 0) is 16.0 Å². The lowest BCUT2D eigenvalue weighted by Gasteiger charge is -2.32. The number of nitrogens with one attached hydrogen (secondary N) is 2. The molecule has 1 heterocycles. The van der Waals surface area contributed by atoms with Gasteiger partial charge in [-0.25, -0.2) is 0 Å². The topological polar surface area (TPSA) is 81.5 Å². The van der Waals surface area contributed by atoms with Crippen LogP contribution in [0, 0.1) is 0 Å². The Morgan fingerprint density at radius 2 is 1.69 bits per heavy atom. The number of methoxy groups -OCH3 is 3. The van der Waals surface area contributed by atoms with Crippen molar-refractivity contribution >= 4 is 11.8 Å². The summed E-state index contributed by atoms with van der Waals surface area (Å²) in [4.78, 5) is 27.6. The summed E-state index contributed by atoms with van der Waals surface area (Å²) in [6.45, 7) is 6.21. The normalized spacial score (nSPS) is 14.4.